The van der Waals surface area contributed by atoms with Crippen molar-refractivity contribution in [3.8, 4) is 78.9 Å². The summed E-state index contributed by atoms with van der Waals surface area (Å²) in [6.07, 6.45) is 0.942. The molecular weight excluding hydrogens is 1050 g/mol. The number of hydrogen-bond donors (Lipinski definition) is 0. The third kappa shape index (κ3) is 9.22. The molecule has 0 saturated carbocycles. The number of rotatable bonds is 13. The highest BCUT2D eigenvalue weighted by Crippen LogP contribution is 2.48. The van der Waals surface area contributed by atoms with Crippen molar-refractivity contribution in [2.75, 3.05) is 0 Å². The van der Waals surface area contributed by atoms with Gasteiger partial charge in [0.1, 0.15) is 0 Å². The average Bonchev–Trinajstić information content (AvgIpc) is 1.77. The second-order valence-corrected chi connectivity index (χ2v) is 23.6. The van der Waals surface area contributed by atoms with Gasteiger partial charge in [0.05, 0.1) is 27.8 Å². The fourth-order valence-electron chi connectivity index (χ4n) is 13.4. The fraction of sp³-hybridized carbons (Fsp3) is 0.0854. The number of fused-ring (bicyclic) bond motifs is 6. The molecule has 87 heavy (non-hydrogen) atoms. The van der Waals surface area contributed by atoms with Crippen molar-refractivity contribution in [3.05, 3.63) is 320 Å². The normalized spacial score (nSPS) is 12.5. The molecular formula is C82H63N5. The van der Waals surface area contributed by atoms with E-state index in [-0.39, 0.29) is 10.8 Å². The second kappa shape index (κ2) is 21.7. The first-order valence-corrected chi connectivity index (χ1v) is 30.2. The minimum atomic E-state index is -0.334. The fourth-order valence-corrected chi connectivity index (χ4v) is 13.4. The summed E-state index contributed by atoms with van der Waals surface area (Å²) < 4.78 is 4.88. The summed E-state index contributed by atoms with van der Waals surface area (Å²) in [4.78, 5) is 15.4. The average molecular weight is 1120 g/mol. The van der Waals surface area contributed by atoms with Gasteiger partial charge in [-0.05, 0) is 123 Å². The third-order valence-corrected chi connectivity index (χ3v) is 18.3. The van der Waals surface area contributed by atoms with Crippen molar-refractivity contribution in [3.63, 3.8) is 0 Å². The first kappa shape index (κ1) is 53.0. The first-order chi connectivity index (χ1) is 42.7. The zero-order valence-electron chi connectivity index (χ0n) is 49.2. The summed E-state index contributed by atoms with van der Waals surface area (Å²) in [6, 6.07) is 108. The monoisotopic (exact) mass is 1120 g/mol. The Hall–Kier alpha value is -10.8. The Morgan fingerprint density at radius 1 is 0.310 bits per heavy atom. The van der Waals surface area contributed by atoms with Gasteiger partial charge in [-0.3, -0.25) is 0 Å². The van der Waals surface area contributed by atoms with Gasteiger partial charge in [-0.15, -0.1) is 0 Å². The zero-order chi connectivity index (χ0) is 58.6. The lowest BCUT2D eigenvalue weighted by atomic mass is 9.70. The van der Waals surface area contributed by atoms with E-state index in [1.807, 2.05) is 36.4 Å². The maximum Gasteiger partial charge on any atom is 0.166 e. The largest absolute Gasteiger partial charge is 0.309 e. The minimum Gasteiger partial charge on any atom is -0.309 e. The van der Waals surface area contributed by atoms with Gasteiger partial charge >= 0.3 is 0 Å². The molecule has 12 aromatic carbocycles. The minimum absolute atomic E-state index is 0.249. The molecule has 15 rings (SSSR count). The Morgan fingerprint density at radius 2 is 0.770 bits per heavy atom. The van der Waals surface area contributed by atoms with Crippen LogP contribution in [0.5, 0.6) is 0 Å². The SMILES string of the molecule is CCC(C)(c1ccccc1)c1cccc(-c2cc(-n3c4ccccc4c4cc(-c5ccc6c(c5)c5ccccc5n6-c5ccccc5-c5nc(-c6ccccc6)nc(-c6ccccc6)n5)ccc43)cc(C(C)(C)c3ccccc3)c2)c1-c1ccccc1. The molecule has 15 aromatic rings. The lowest BCUT2D eigenvalue weighted by molar-refractivity contribution is 0.551. The van der Waals surface area contributed by atoms with Gasteiger partial charge in [0, 0.05) is 54.8 Å². The smallest absolute Gasteiger partial charge is 0.166 e. The number of benzene rings is 12. The van der Waals surface area contributed by atoms with Gasteiger partial charge in [-0.1, -0.05) is 264 Å². The van der Waals surface area contributed by atoms with Gasteiger partial charge in [0.25, 0.3) is 0 Å². The number of aromatic nitrogens is 5. The number of hydrogen-bond acceptors (Lipinski definition) is 3. The molecule has 1 unspecified atom stereocenters. The van der Waals surface area contributed by atoms with E-state index < -0.39 is 0 Å². The molecule has 0 aliphatic rings. The van der Waals surface area contributed by atoms with Crippen LogP contribution in [0.1, 0.15) is 56.4 Å². The summed E-state index contributed by atoms with van der Waals surface area (Å²) in [5.41, 5.74) is 21.1. The van der Waals surface area contributed by atoms with Gasteiger partial charge in [-0.25, -0.2) is 15.0 Å². The molecule has 1 atom stereocenters. The third-order valence-electron chi connectivity index (χ3n) is 18.3. The molecule has 0 spiro atoms. The summed E-state index contributed by atoms with van der Waals surface area (Å²) >= 11 is 0. The standard InChI is InChI=1S/C82H63N5/c1-5-82(4,62-36-19-10-20-37-62)71-42-27-41-65(77(71)55-28-11-6-12-29-55)60-50-63(81(2,3)61-34-17-9-18-35-61)54-64(51-60)86-72-43-24-21-38-66(72)69-52-58(46-48-75(69)86)59-47-49-76-70(53-59)67-39-22-25-44-73(67)87(76)74-45-26-23-40-68(74)80-84-78(56-30-13-7-14-31-56)83-79(85-80)57-32-15-8-16-33-57/h6-54H,5H2,1-4H3. The molecule has 5 nitrogen and oxygen atoms in total. The van der Waals surface area contributed by atoms with Crippen LogP contribution in [-0.4, -0.2) is 24.1 Å². The van der Waals surface area contributed by atoms with Crippen molar-refractivity contribution in [1.29, 1.82) is 0 Å². The lowest BCUT2D eigenvalue weighted by Gasteiger charge is -2.33. The molecule has 0 saturated heterocycles. The highest BCUT2D eigenvalue weighted by molar-refractivity contribution is 6.13. The van der Waals surface area contributed by atoms with Gasteiger partial charge in [0.15, 0.2) is 17.5 Å². The highest BCUT2D eigenvalue weighted by Gasteiger charge is 2.32. The summed E-state index contributed by atoms with van der Waals surface area (Å²) in [7, 11) is 0. The van der Waals surface area contributed by atoms with E-state index in [0.29, 0.717) is 17.5 Å². The molecule has 3 aromatic heterocycles. The maximum atomic E-state index is 5.20. The van der Waals surface area contributed by atoms with Crippen LogP contribution in [-0.2, 0) is 10.8 Å². The highest BCUT2D eigenvalue weighted by atomic mass is 15.1. The van der Waals surface area contributed by atoms with Gasteiger partial charge in [0.2, 0.25) is 0 Å². The Labute approximate surface area is 508 Å². The molecule has 0 amide bonds. The summed E-state index contributed by atoms with van der Waals surface area (Å²) in [6.45, 7) is 9.48. The van der Waals surface area contributed by atoms with Gasteiger partial charge < -0.3 is 9.13 Å². The molecule has 3 heterocycles. The first-order valence-electron chi connectivity index (χ1n) is 30.2. The van der Waals surface area contributed by atoms with E-state index in [9.17, 15) is 0 Å². The van der Waals surface area contributed by atoms with Crippen molar-refractivity contribution in [2.24, 2.45) is 0 Å². The second-order valence-electron chi connectivity index (χ2n) is 23.6. The Bertz CT molecular complexity index is 4990. The maximum absolute atomic E-state index is 5.20. The van der Waals surface area contributed by atoms with E-state index in [0.717, 1.165) is 67.7 Å². The molecule has 0 fully saturated rings. The van der Waals surface area contributed by atoms with Crippen molar-refractivity contribution in [1.82, 2.24) is 24.1 Å². The predicted octanol–water partition coefficient (Wildman–Crippen LogP) is 21.1. The van der Waals surface area contributed by atoms with Crippen LogP contribution < -0.4 is 0 Å². The van der Waals surface area contributed by atoms with Crippen LogP contribution in [0.25, 0.3) is 123 Å². The van der Waals surface area contributed by atoms with Crippen LogP contribution in [0.15, 0.2) is 297 Å². The van der Waals surface area contributed by atoms with E-state index in [4.69, 9.17) is 15.0 Å². The summed E-state index contributed by atoms with van der Waals surface area (Å²) in [5, 5.41) is 4.74. The van der Waals surface area contributed by atoms with Crippen LogP contribution in [0, 0.1) is 0 Å². The van der Waals surface area contributed by atoms with E-state index >= 15 is 0 Å². The molecule has 416 valence electrons. The predicted molar refractivity (Wildman–Crippen MR) is 363 cm³/mol. The van der Waals surface area contributed by atoms with Crippen LogP contribution in [0.3, 0.4) is 0 Å². The number of para-hydroxylation sites is 3. The van der Waals surface area contributed by atoms with Crippen LogP contribution in [0.2, 0.25) is 0 Å². The lowest BCUT2D eigenvalue weighted by Crippen LogP contribution is -2.24. The molecule has 0 N–H and O–H groups in total. The molecule has 0 bridgehead atoms. The molecule has 0 aliphatic heterocycles. The van der Waals surface area contributed by atoms with E-state index in [2.05, 4.69) is 298 Å². The topological polar surface area (TPSA) is 48.5 Å². The summed E-state index contributed by atoms with van der Waals surface area (Å²) in [5.74, 6) is 1.87. The van der Waals surface area contributed by atoms with E-state index in [1.165, 1.54) is 66.1 Å². The van der Waals surface area contributed by atoms with Crippen LogP contribution in [0.4, 0.5) is 0 Å². The molecule has 0 aliphatic carbocycles. The molecule has 0 radical (unpaired) electrons. The van der Waals surface area contributed by atoms with Crippen LogP contribution >= 0.6 is 0 Å². The Balaban J connectivity index is 0.892. The van der Waals surface area contributed by atoms with Crippen molar-refractivity contribution >= 4 is 43.6 Å². The Kier molecular flexibility index (Phi) is 13.2. The quantitative estimate of drug-likeness (QED) is 0.116. The van der Waals surface area contributed by atoms with E-state index in [1.54, 1.807) is 0 Å². The van der Waals surface area contributed by atoms with Crippen molar-refractivity contribution < 1.29 is 0 Å². The Morgan fingerprint density at radius 3 is 1.36 bits per heavy atom. The van der Waals surface area contributed by atoms with Gasteiger partial charge in [-0.2, -0.15) is 0 Å². The molecule has 5 heteroatoms. The van der Waals surface area contributed by atoms with Crippen molar-refractivity contribution in [2.45, 2.75) is 44.9 Å². The number of nitrogens with zero attached hydrogens (tertiary/aromatic N) is 5. The zero-order valence-corrected chi connectivity index (χ0v) is 49.2.